The molecule has 0 unspecified atom stereocenters. The molecule has 1 aromatic heterocycles. The van der Waals surface area contributed by atoms with Crippen molar-refractivity contribution in [2.24, 2.45) is 0 Å². The van der Waals surface area contributed by atoms with Crippen molar-refractivity contribution in [1.82, 2.24) is 0 Å². The van der Waals surface area contributed by atoms with Crippen LogP contribution in [0.25, 0.3) is 0 Å². The van der Waals surface area contributed by atoms with Crippen LogP contribution in [-0.4, -0.2) is 11.1 Å². The van der Waals surface area contributed by atoms with Crippen molar-refractivity contribution in [1.29, 1.82) is 0 Å². The van der Waals surface area contributed by atoms with E-state index in [0.717, 1.165) is 41.5 Å². The largest absolute Gasteiger partial charge is 0.481 e. The molecular formula is C11H13BrO2S. The van der Waals surface area contributed by atoms with E-state index in [-0.39, 0.29) is 0 Å². The van der Waals surface area contributed by atoms with E-state index < -0.39 is 11.4 Å². The topological polar surface area (TPSA) is 37.3 Å². The Balaban J connectivity index is 2.42. The standard InChI is InChI=1S/C11H13BrO2S/c12-8-4-7-15-9(8)11(10(13)14)5-2-1-3-6-11/h4,7H,1-3,5-6H2,(H,13,14). The molecule has 1 heterocycles. The van der Waals surface area contributed by atoms with Gasteiger partial charge in [-0.05, 0) is 40.2 Å². The van der Waals surface area contributed by atoms with Crippen LogP contribution in [0.15, 0.2) is 15.9 Å². The first-order valence-electron chi connectivity index (χ1n) is 5.14. The number of halogens is 1. The van der Waals surface area contributed by atoms with E-state index in [9.17, 15) is 9.90 Å². The van der Waals surface area contributed by atoms with Crippen LogP contribution >= 0.6 is 27.3 Å². The lowest BCUT2D eigenvalue weighted by Gasteiger charge is -2.32. The SMILES string of the molecule is O=C(O)C1(c2sccc2Br)CCCCC1. The van der Waals surface area contributed by atoms with E-state index in [1.54, 1.807) is 11.3 Å². The van der Waals surface area contributed by atoms with Crippen molar-refractivity contribution < 1.29 is 9.90 Å². The summed E-state index contributed by atoms with van der Waals surface area (Å²) < 4.78 is 0.955. The van der Waals surface area contributed by atoms with Crippen LogP contribution in [0.1, 0.15) is 37.0 Å². The van der Waals surface area contributed by atoms with Crippen molar-refractivity contribution in [2.45, 2.75) is 37.5 Å². The van der Waals surface area contributed by atoms with E-state index in [4.69, 9.17) is 0 Å². The lowest BCUT2D eigenvalue weighted by molar-refractivity contribution is -0.145. The van der Waals surface area contributed by atoms with Gasteiger partial charge in [-0.1, -0.05) is 19.3 Å². The van der Waals surface area contributed by atoms with Gasteiger partial charge in [-0.2, -0.15) is 0 Å². The molecule has 0 bridgehead atoms. The number of carbonyl (C=O) groups is 1. The van der Waals surface area contributed by atoms with Crippen LogP contribution in [-0.2, 0) is 10.2 Å². The molecule has 0 spiro atoms. The number of hydrogen-bond acceptors (Lipinski definition) is 2. The maximum Gasteiger partial charge on any atom is 0.315 e. The third-order valence-electron chi connectivity index (χ3n) is 3.17. The highest BCUT2D eigenvalue weighted by Gasteiger charge is 2.43. The minimum atomic E-state index is -0.662. The zero-order valence-corrected chi connectivity index (χ0v) is 10.7. The summed E-state index contributed by atoms with van der Waals surface area (Å²) >= 11 is 5.01. The van der Waals surface area contributed by atoms with E-state index in [1.165, 1.54) is 0 Å². The first-order valence-corrected chi connectivity index (χ1v) is 6.81. The molecule has 0 amide bonds. The Morgan fingerprint density at radius 1 is 1.40 bits per heavy atom. The molecule has 15 heavy (non-hydrogen) atoms. The summed E-state index contributed by atoms with van der Waals surface area (Å²) in [7, 11) is 0. The quantitative estimate of drug-likeness (QED) is 0.899. The van der Waals surface area contributed by atoms with Gasteiger partial charge in [-0.3, -0.25) is 4.79 Å². The molecule has 1 N–H and O–H groups in total. The lowest BCUT2D eigenvalue weighted by Crippen LogP contribution is -2.37. The minimum absolute atomic E-state index is 0.620. The molecule has 1 fully saturated rings. The molecule has 1 aromatic rings. The number of hydrogen-bond donors (Lipinski definition) is 1. The summed E-state index contributed by atoms with van der Waals surface area (Å²) in [6.07, 6.45) is 4.77. The van der Waals surface area contributed by atoms with Gasteiger partial charge in [0.25, 0.3) is 0 Å². The Labute approximate surface area is 101 Å². The highest BCUT2D eigenvalue weighted by Crippen LogP contribution is 2.45. The molecule has 82 valence electrons. The van der Waals surface area contributed by atoms with Crippen molar-refractivity contribution in [2.75, 3.05) is 0 Å². The van der Waals surface area contributed by atoms with Crippen LogP contribution in [0.3, 0.4) is 0 Å². The first-order chi connectivity index (χ1) is 7.17. The summed E-state index contributed by atoms with van der Waals surface area (Å²) in [5, 5.41) is 11.4. The van der Waals surface area contributed by atoms with Crippen LogP contribution in [0.2, 0.25) is 0 Å². The second kappa shape index (κ2) is 4.26. The molecule has 1 saturated carbocycles. The van der Waals surface area contributed by atoms with Crippen molar-refractivity contribution in [3.8, 4) is 0 Å². The van der Waals surface area contributed by atoms with Crippen molar-refractivity contribution in [3.05, 3.63) is 20.8 Å². The van der Waals surface area contributed by atoms with Crippen LogP contribution in [0.4, 0.5) is 0 Å². The van der Waals surface area contributed by atoms with Gasteiger partial charge in [0.05, 0.1) is 0 Å². The molecule has 2 rings (SSSR count). The molecule has 0 atom stereocenters. The van der Waals surface area contributed by atoms with Crippen molar-refractivity contribution >= 4 is 33.2 Å². The molecular weight excluding hydrogens is 276 g/mol. The maximum absolute atomic E-state index is 11.5. The van der Waals surface area contributed by atoms with Gasteiger partial charge in [-0.25, -0.2) is 0 Å². The predicted molar refractivity (Wildman–Crippen MR) is 64.4 cm³/mol. The zero-order chi connectivity index (χ0) is 10.9. The smallest absolute Gasteiger partial charge is 0.315 e. The van der Waals surface area contributed by atoms with Gasteiger partial charge in [0.15, 0.2) is 0 Å². The first kappa shape index (κ1) is 11.1. The van der Waals surface area contributed by atoms with Gasteiger partial charge in [0.2, 0.25) is 0 Å². The summed E-state index contributed by atoms with van der Waals surface area (Å²) in [4.78, 5) is 12.5. The normalized spacial score (nSPS) is 20.1. The third kappa shape index (κ3) is 1.85. The summed E-state index contributed by atoms with van der Waals surface area (Å²) in [6, 6.07) is 1.94. The fourth-order valence-electron chi connectivity index (χ4n) is 2.33. The fraction of sp³-hybridized carbons (Fsp3) is 0.545. The van der Waals surface area contributed by atoms with E-state index in [0.29, 0.717) is 0 Å². The number of carboxylic acids is 1. The highest BCUT2D eigenvalue weighted by atomic mass is 79.9. The molecule has 1 aliphatic carbocycles. The third-order valence-corrected chi connectivity index (χ3v) is 5.21. The number of carboxylic acid groups (broad SMARTS) is 1. The van der Waals surface area contributed by atoms with Gasteiger partial charge >= 0.3 is 5.97 Å². The van der Waals surface area contributed by atoms with Gasteiger partial charge in [0, 0.05) is 9.35 Å². The second-order valence-corrected chi connectivity index (χ2v) is 5.82. The van der Waals surface area contributed by atoms with Gasteiger partial charge < -0.3 is 5.11 Å². The Morgan fingerprint density at radius 3 is 2.53 bits per heavy atom. The summed E-state index contributed by atoms with van der Waals surface area (Å²) in [5.74, 6) is -0.662. The van der Waals surface area contributed by atoms with E-state index >= 15 is 0 Å². The van der Waals surface area contributed by atoms with Crippen molar-refractivity contribution in [3.63, 3.8) is 0 Å². The maximum atomic E-state index is 11.5. The van der Waals surface area contributed by atoms with Crippen LogP contribution in [0.5, 0.6) is 0 Å². The Bertz CT molecular complexity index is 366. The second-order valence-electron chi connectivity index (χ2n) is 4.05. The molecule has 0 aromatic carbocycles. The average molecular weight is 289 g/mol. The minimum Gasteiger partial charge on any atom is -0.481 e. The van der Waals surface area contributed by atoms with Crippen LogP contribution in [0, 0.1) is 0 Å². The molecule has 4 heteroatoms. The zero-order valence-electron chi connectivity index (χ0n) is 8.33. The molecule has 2 nitrogen and oxygen atoms in total. The predicted octanol–water partition coefficient (Wildman–Crippen LogP) is 3.80. The molecule has 1 aliphatic rings. The Hall–Kier alpha value is -0.350. The Morgan fingerprint density at radius 2 is 2.07 bits per heavy atom. The number of aliphatic carboxylic acids is 1. The van der Waals surface area contributed by atoms with E-state index in [2.05, 4.69) is 15.9 Å². The average Bonchev–Trinajstić information content (AvgIpc) is 2.66. The fourth-order valence-corrected chi connectivity index (χ4v) is 4.33. The lowest BCUT2D eigenvalue weighted by atomic mass is 9.73. The number of thiophene rings is 1. The summed E-state index contributed by atoms with van der Waals surface area (Å²) in [5.41, 5.74) is -0.620. The van der Waals surface area contributed by atoms with Gasteiger partial charge in [-0.15, -0.1) is 11.3 Å². The molecule has 0 aliphatic heterocycles. The highest BCUT2D eigenvalue weighted by molar-refractivity contribution is 9.10. The monoisotopic (exact) mass is 288 g/mol. The van der Waals surface area contributed by atoms with Gasteiger partial charge in [0.1, 0.15) is 5.41 Å². The Kier molecular flexibility index (Phi) is 3.16. The molecule has 0 radical (unpaired) electrons. The molecule has 0 saturated heterocycles. The number of rotatable bonds is 2. The van der Waals surface area contributed by atoms with Crippen LogP contribution < -0.4 is 0 Å². The van der Waals surface area contributed by atoms with E-state index in [1.807, 2.05) is 11.4 Å². The summed E-state index contributed by atoms with van der Waals surface area (Å²) in [6.45, 7) is 0.